The Morgan fingerprint density at radius 2 is 1.79 bits per heavy atom. The number of ether oxygens (including phenoxy) is 1. The summed E-state index contributed by atoms with van der Waals surface area (Å²) in [6.45, 7) is 0.437. The van der Waals surface area contributed by atoms with Crippen LogP contribution in [-0.2, 0) is 6.61 Å². The molecule has 0 bridgehead atoms. The Morgan fingerprint density at radius 1 is 1.11 bits per heavy atom. The molecular weight excluding hydrogens is 376 g/mol. The van der Waals surface area contributed by atoms with E-state index in [1.165, 1.54) is 6.07 Å². The van der Waals surface area contributed by atoms with E-state index >= 15 is 0 Å². The van der Waals surface area contributed by atoms with Crippen LogP contribution >= 0.6 is 31.9 Å². The van der Waals surface area contributed by atoms with Crippen LogP contribution in [0.5, 0.6) is 5.75 Å². The predicted octanol–water partition coefficient (Wildman–Crippen LogP) is 4.49. The second kappa shape index (κ2) is 6.21. The van der Waals surface area contributed by atoms with E-state index in [1.54, 1.807) is 12.1 Å². The minimum absolute atomic E-state index is 0.219. The average Bonchev–Trinajstić information content (AvgIpc) is 2.37. The van der Waals surface area contributed by atoms with Crippen LogP contribution in [0.25, 0.3) is 0 Å². The highest BCUT2D eigenvalue weighted by atomic mass is 79.9. The highest BCUT2D eigenvalue weighted by Crippen LogP contribution is 2.24. The van der Waals surface area contributed by atoms with Crippen molar-refractivity contribution in [3.05, 3.63) is 62.5 Å². The molecule has 2 aromatic rings. The monoisotopic (exact) mass is 384 g/mol. The molecule has 0 unspecified atom stereocenters. The summed E-state index contributed by atoms with van der Waals surface area (Å²) in [5.74, 6) is -0.342. The van der Waals surface area contributed by atoms with Crippen molar-refractivity contribution in [2.24, 2.45) is 0 Å². The average molecular weight is 386 g/mol. The molecule has 0 aromatic heterocycles. The summed E-state index contributed by atoms with van der Waals surface area (Å²) in [4.78, 5) is 10.9. The zero-order valence-electron chi connectivity index (χ0n) is 9.77. The molecule has 0 aliphatic rings. The van der Waals surface area contributed by atoms with E-state index in [4.69, 9.17) is 9.84 Å². The number of hydrogen-bond donors (Lipinski definition) is 1. The molecule has 2 rings (SSSR count). The fourth-order valence-corrected chi connectivity index (χ4v) is 2.30. The van der Waals surface area contributed by atoms with Gasteiger partial charge in [-0.2, -0.15) is 0 Å². The maximum atomic E-state index is 10.9. The fraction of sp³-hybridized carbons (Fsp3) is 0.0714. The van der Waals surface area contributed by atoms with E-state index in [9.17, 15) is 4.79 Å². The molecule has 0 aliphatic carbocycles. The summed E-state index contributed by atoms with van der Waals surface area (Å²) in [7, 11) is 0. The van der Waals surface area contributed by atoms with Crippen LogP contribution in [0.2, 0.25) is 0 Å². The van der Waals surface area contributed by atoms with Gasteiger partial charge in [0.25, 0.3) is 0 Å². The standard InChI is InChI=1S/C14H10Br2O3/c15-10-3-1-9(2-4-10)8-19-11-5-6-12(14(17)18)13(16)7-11/h1-7H,8H2,(H,17,18). The molecule has 0 aliphatic heterocycles. The molecule has 0 heterocycles. The Bertz CT molecular complexity index is 594. The summed E-state index contributed by atoms with van der Waals surface area (Å²) < 4.78 is 7.14. The number of carboxylic acid groups (broad SMARTS) is 1. The van der Waals surface area contributed by atoms with Crippen molar-refractivity contribution in [1.29, 1.82) is 0 Å². The number of carboxylic acids is 1. The van der Waals surface area contributed by atoms with E-state index in [-0.39, 0.29) is 5.56 Å². The summed E-state index contributed by atoms with van der Waals surface area (Å²) in [6.07, 6.45) is 0. The van der Waals surface area contributed by atoms with E-state index in [1.807, 2.05) is 24.3 Å². The minimum Gasteiger partial charge on any atom is -0.489 e. The lowest BCUT2D eigenvalue weighted by Gasteiger charge is -2.08. The molecule has 5 heteroatoms. The molecule has 0 spiro atoms. The summed E-state index contributed by atoms with van der Waals surface area (Å²) in [5, 5.41) is 8.92. The lowest BCUT2D eigenvalue weighted by Crippen LogP contribution is -1.99. The lowest BCUT2D eigenvalue weighted by atomic mass is 10.2. The Hall–Kier alpha value is -1.33. The lowest BCUT2D eigenvalue weighted by molar-refractivity contribution is 0.0696. The predicted molar refractivity (Wildman–Crippen MR) is 79.6 cm³/mol. The first kappa shape index (κ1) is 14.1. The van der Waals surface area contributed by atoms with Gasteiger partial charge < -0.3 is 9.84 Å². The normalized spacial score (nSPS) is 10.2. The van der Waals surface area contributed by atoms with Crippen molar-refractivity contribution >= 4 is 37.8 Å². The van der Waals surface area contributed by atoms with Crippen molar-refractivity contribution in [3.63, 3.8) is 0 Å². The molecule has 1 N–H and O–H groups in total. The molecule has 0 saturated carbocycles. The second-order valence-corrected chi connectivity index (χ2v) is 5.63. The van der Waals surface area contributed by atoms with E-state index in [0.29, 0.717) is 16.8 Å². The summed E-state index contributed by atoms with van der Waals surface area (Å²) in [5.41, 5.74) is 1.26. The molecule has 0 amide bonds. The van der Waals surface area contributed by atoms with Crippen molar-refractivity contribution in [1.82, 2.24) is 0 Å². The number of hydrogen-bond acceptors (Lipinski definition) is 2. The fourth-order valence-electron chi connectivity index (χ4n) is 1.51. The highest BCUT2D eigenvalue weighted by Gasteiger charge is 2.08. The van der Waals surface area contributed by atoms with Crippen LogP contribution < -0.4 is 4.74 Å². The molecule has 2 aromatic carbocycles. The first-order valence-electron chi connectivity index (χ1n) is 5.46. The van der Waals surface area contributed by atoms with Gasteiger partial charge in [-0.1, -0.05) is 28.1 Å². The maximum absolute atomic E-state index is 10.9. The summed E-state index contributed by atoms with van der Waals surface area (Å²) in [6, 6.07) is 12.6. The van der Waals surface area contributed by atoms with Gasteiger partial charge in [0.15, 0.2) is 0 Å². The largest absolute Gasteiger partial charge is 0.489 e. The van der Waals surface area contributed by atoms with Crippen LogP contribution in [0.3, 0.4) is 0 Å². The zero-order chi connectivity index (χ0) is 13.8. The van der Waals surface area contributed by atoms with Crippen molar-refractivity contribution in [3.8, 4) is 5.75 Å². The van der Waals surface area contributed by atoms with Gasteiger partial charge in [0.1, 0.15) is 12.4 Å². The number of halogens is 2. The molecule has 0 atom stereocenters. The highest BCUT2D eigenvalue weighted by molar-refractivity contribution is 9.10. The molecule has 3 nitrogen and oxygen atoms in total. The minimum atomic E-state index is -0.966. The van der Waals surface area contributed by atoms with Gasteiger partial charge in [0.2, 0.25) is 0 Å². The Morgan fingerprint density at radius 3 is 2.37 bits per heavy atom. The third kappa shape index (κ3) is 3.81. The number of aromatic carboxylic acids is 1. The Labute approximate surface area is 127 Å². The number of benzene rings is 2. The van der Waals surface area contributed by atoms with Gasteiger partial charge in [-0.3, -0.25) is 0 Å². The van der Waals surface area contributed by atoms with Crippen LogP contribution in [0.4, 0.5) is 0 Å². The SMILES string of the molecule is O=C(O)c1ccc(OCc2ccc(Br)cc2)cc1Br. The first-order chi connectivity index (χ1) is 9.06. The van der Waals surface area contributed by atoms with Crippen LogP contribution in [0.15, 0.2) is 51.4 Å². The van der Waals surface area contributed by atoms with E-state index < -0.39 is 5.97 Å². The van der Waals surface area contributed by atoms with Crippen molar-refractivity contribution in [2.45, 2.75) is 6.61 Å². The quantitative estimate of drug-likeness (QED) is 0.843. The molecule has 98 valence electrons. The summed E-state index contributed by atoms with van der Waals surface area (Å²) >= 11 is 6.59. The van der Waals surface area contributed by atoms with Gasteiger partial charge in [-0.25, -0.2) is 4.79 Å². The van der Waals surface area contributed by atoms with Gasteiger partial charge in [-0.05, 0) is 51.8 Å². The third-order valence-electron chi connectivity index (χ3n) is 2.49. The van der Waals surface area contributed by atoms with Gasteiger partial charge in [0.05, 0.1) is 5.56 Å². The molecule has 0 saturated heterocycles. The zero-order valence-corrected chi connectivity index (χ0v) is 12.9. The van der Waals surface area contributed by atoms with Gasteiger partial charge >= 0.3 is 5.97 Å². The van der Waals surface area contributed by atoms with Gasteiger partial charge in [-0.15, -0.1) is 0 Å². The Balaban J connectivity index is 2.06. The molecule has 0 fully saturated rings. The first-order valence-corrected chi connectivity index (χ1v) is 7.05. The van der Waals surface area contributed by atoms with E-state index in [2.05, 4.69) is 31.9 Å². The van der Waals surface area contributed by atoms with E-state index in [0.717, 1.165) is 10.0 Å². The van der Waals surface area contributed by atoms with Crippen LogP contribution in [0.1, 0.15) is 15.9 Å². The van der Waals surface area contributed by atoms with Crippen LogP contribution in [0, 0.1) is 0 Å². The van der Waals surface area contributed by atoms with Crippen molar-refractivity contribution < 1.29 is 14.6 Å². The topological polar surface area (TPSA) is 46.5 Å². The number of carbonyl (C=O) groups is 1. The Kier molecular flexibility index (Phi) is 4.61. The van der Waals surface area contributed by atoms with Gasteiger partial charge in [0, 0.05) is 8.95 Å². The van der Waals surface area contributed by atoms with Crippen molar-refractivity contribution in [2.75, 3.05) is 0 Å². The second-order valence-electron chi connectivity index (χ2n) is 3.86. The van der Waals surface area contributed by atoms with Crippen LogP contribution in [-0.4, -0.2) is 11.1 Å². The third-order valence-corrected chi connectivity index (χ3v) is 3.67. The molecular formula is C14H10Br2O3. The molecule has 19 heavy (non-hydrogen) atoms. The number of rotatable bonds is 4. The molecule has 0 radical (unpaired) electrons. The smallest absolute Gasteiger partial charge is 0.336 e. The maximum Gasteiger partial charge on any atom is 0.336 e.